The first-order valence-electron chi connectivity index (χ1n) is 8.53. The van der Waals surface area contributed by atoms with Gasteiger partial charge in [-0.2, -0.15) is 0 Å². The standard InChI is InChI=1S/C20H28O5/c1-7-23-18(21)25-13-20(4,5)17-16(24-12-19(17,2)3)14-9-8-10-15(11-14)22-6/h8-11H,7,12-13H2,1-6H3. The van der Waals surface area contributed by atoms with Crippen LogP contribution in [0.1, 0.15) is 40.2 Å². The average molecular weight is 348 g/mol. The molecule has 1 aliphatic rings. The van der Waals surface area contributed by atoms with Crippen LogP contribution in [0.25, 0.3) is 5.76 Å². The molecule has 0 N–H and O–H groups in total. The third kappa shape index (κ3) is 4.27. The summed E-state index contributed by atoms with van der Waals surface area (Å²) in [6.45, 7) is 11.2. The predicted octanol–water partition coefficient (Wildman–Crippen LogP) is 4.66. The van der Waals surface area contributed by atoms with Crippen molar-refractivity contribution in [3.05, 3.63) is 35.4 Å². The SMILES string of the molecule is CCOC(=O)OCC(C)(C)C1=C(c2cccc(OC)c2)OCC1(C)C. The van der Waals surface area contributed by atoms with Crippen LogP contribution in [0.15, 0.2) is 29.8 Å². The van der Waals surface area contributed by atoms with Crippen LogP contribution < -0.4 is 4.74 Å². The van der Waals surface area contributed by atoms with Crippen LogP contribution in [-0.4, -0.2) is 33.1 Å². The summed E-state index contributed by atoms with van der Waals surface area (Å²) in [5.41, 5.74) is 1.52. The number of carbonyl (C=O) groups excluding carboxylic acids is 1. The van der Waals surface area contributed by atoms with Crippen molar-refractivity contribution in [3.8, 4) is 5.75 Å². The van der Waals surface area contributed by atoms with Crippen LogP contribution in [0.4, 0.5) is 4.79 Å². The van der Waals surface area contributed by atoms with E-state index in [1.54, 1.807) is 14.0 Å². The minimum absolute atomic E-state index is 0.167. The first-order valence-corrected chi connectivity index (χ1v) is 8.53. The zero-order valence-corrected chi connectivity index (χ0v) is 16.0. The Hall–Kier alpha value is -2.17. The van der Waals surface area contributed by atoms with E-state index in [-0.39, 0.29) is 12.0 Å². The van der Waals surface area contributed by atoms with E-state index in [4.69, 9.17) is 18.9 Å². The van der Waals surface area contributed by atoms with Crippen LogP contribution in [0.2, 0.25) is 0 Å². The molecule has 0 aromatic heterocycles. The Labute approximate surface area is 149 Å². The number of hydrogen-bond donors (Lipinski definition) is 0. The topological polar surface area (TPSA) is 54.0 Å². The van der Waals surface area contributed by atoms with Crippen molar-refractivity contribution in [1.29, 1.82) is 0 Å². The largest absolute Gasteiger partial charge is 0.508 e. The molecule has 0 saturated carbocycles. The van der Waals surface area contributed by atoms with Gasteiger partial charge in [0.25, 0.3) is 0 Å². The molecule has 0 atom stereocenters. The van der Waals surface area contributed by atoms with Gasteiger partial charge in [-0.3, -0.25) is 0 Å². The van der Waals surface area contributed by atoms with Crippen molar-refractivity contribution in [3.63, 3.8) is 0 Å². The molecule has 2 rings (SSSR count). The van der Waals surface area contributed by atoms with E-state index < -0.39 is 11.6 Å². The molecule has 0 fully saturated rings. The molecule has 1 aromatic rings. The highest BCUT2D eigenvalue weighted by Gasteiger charge is 2.44. The van der Waals surface area contributed by atoms with Gasteiger partial charge in [0.05, 0.1) is 20.3 Å². The van der Waals surface area contributed by atoms with Crippen molar-refractivity contribution >= 4 is 11.9 Å². The zero-order valence-electron chi connectivity index (χ0n) is 16.0. The van der Waals surface area contributed by atoms with Gasteiger partial charge in [-0.05, 0) is 24.6 Å². The average Bonchev–Trinajstić information content (AvgIpc) is 2.89. The highest BCUT2D eigenvalue weighted by molar-refractivity contribution is 5.69. The Balaban J connectivity index is 2.38. The number of carbonyl (C=O) groups is 1. The van der Waals surface area contributed by atoms with Gasteiger partial charge in [0, 0.05) is 16.4 Å². The fourth-order valence-electron chi connectivity index (χ4n) is 3.39. The van der Waals surface area contributed by atoms with Gasteiger partial charge in [0.2, 0.25) is 0 Å². The van der Waals surface area contributed by atoms with Gasteiger partial charge >= 0.3 is 6.16 Å². The van der Waals surface area contributed by atoms with E-state index in [9.17, 15) is 4.79 Å². The molecule has 25 heavy (non-hydrogen) atoms. The van der Waals surface area contributed by atoms with Crippen LogP contribution in [0.5, 0.6) is 5.75 Å². The molecule has 1 aliphatic heterocycles. The minimum Gasteiger partial charge on any atom is -0.497 e. The maximum Gasteiger partial charge on any atom is 0.508 e. The van der Waals surface area contributed by atoms with Gasteiger partial charge in [0.15, 0.2) is 0 Å². The Morgan fingerprint density at radius 2 is 2.00 bits per heavy atom. The second kappa shape index (κ2) is 7.38. The van der Waals surface area contributed by atoms with Crippen LogP contribution in [-0.2, 0) is 14.2 Å². The van der Waals surface area contributed by atoms with Crippen molar-refractivity contribution in [2.75, 3.05) is 26.9 Å². The lowest BCUT2D eigenvalue weighted by Gasteiger charge is -2.33. The monoisotopic (exact) mass is 348 g/mol. The predicted molar refractivity (Wildman–Crippen MR) is 96.4 cm³/mol. The van der Waals surface area contributed by atoms with Crippen molar-refractivity contribution in [2.45, 2.75) is 34.6 Å². The summed E-state index contributed by atoms with van der Waals surface area (Å²) >= 11 is 0. The van der Waals surface area contributed by atoms with Gasteiger partial charge < -0.3 is 18.9 Å². The van der Waals surface area contributed by atoms with Crippen LogP contribution in [0.3, 0.4) is 0 Å². The maximum atomic E-state index is 11.6. The number of rotatable bonds is 6. The third-order valence-corrected chi connectivity index (χ3v) is 4.30. The summed E-state index contributed by atoms with van der Waals surface area (Å²) < 4.78 is 21.6. The summed E-state index contributed by atoms with van der Waals surface area (Å²) in [5, 5.41) is 0. The van der Waals surface area contributed by atoms with Crippen LogP contribution in [0, 0.1) is 10.8 Å². The molecule has 5 heteroatoms. The second-order valence-electron chi connectivity index (χ2n) is 7.46. The first-order chi connectivity index (χ1) is 11.7. The fraction of sp³-hybridized carbons (Fsp3) is 0.550. The van der Waals surface area contributed by atoms with E-state index in [1.165, 1.54) is 0 Å². The Kier molecular flexibility index (Phi) is 5.65. The van der Waals surface area contributed by atoms with Crippen molar-refractivity contribution in [2.24, 2.45) is 10.8 Å². The van der Waals surface area contributed by atoms with E-state index in [0.29, 0.717) is 13.2 Å². The zero-order chi connectivity index (χ0) is 18.7. The lowest BCUT2D eigenvalue weighted by atomic mass is 9.70. The summed E-state index contributed by atoms with van der Waals surface area (Å²) in [5.74, 6) is 1.61. The number of hydrogen-bond acceptors (Lipinski definition) is 5. The molecule has 0 bridgehead atoms. The Morgan fingerprint density at radius 1 is 1.28 bits per heavy atom. The van der Waals surface area contributed by atoms with Crippen molar-refractivity contribution in [1.82, 2.24) is 0 Å². The number of benzene rings is 1. The van der Waals surface area contributed by atoms with E-state index in [2.05, 4.69) is 27.7 Å². The molecular formula is C20H28O5. The highest BCUT2D eigenvalue weighted by atomic mass is 16.7. The molecule has 0 amide bonds. The van der Waals surface area contributed by atoms with Gasteiger partial charge in [0.1, 0.15) is 18.1 Å². The molecule has 0 spiro atoms. The first kappa shape index (κ1) is 19.2. The summed E-state index contributed by atoms with van der Waals surface area (Å²) in [6, 6.07) is 7.80. The fourth-order valence-corrected chi connectivity index (χ4v) is 3.39. The van der Waals surface area contributed by atoms with E-state index in [0.717, 1.165) is 22.6 Å². The molecule has 5 nitrogen and oxygen atoms in total. The highest BCUT2D eigenvalue weighted by Crippen LogP contribution is 2.50. The van der Waals surface area contributed by atoms with Crippen molar-refractivity contribution < 1.29 is 23.7 Å². The lowest BCUT2D eigenvalue weighted by molar-refractivity contribution is 0.0364. The van der Waals surface area contributed by atoms with Gasteiger partial charge in [-0.15, -0.1) is 0 Å². The third-order valence-electron chi connectivity index (χ3n) is 4.30. The van der Waals surface area contributed by atoms with E-state index in [1.807, 2.05) is 24.3 Å². The summed E-state index contributed by atoms with van der Waals surface area (Å²) in [4.78, 5) is 11.6. The number of methoxy groups -OCH3 is 1. The normalized spacial score (nSPS) is 16.4. The van der Waals surface area contributed by atoms with Gasteiger partial charge in [-0.25, -0.2) is 4.79 Å². The molecule has 138 valence electrons. The molecular weight excluding hydrogens is 320 g/mol. The molecule has 0 radical (unpaired) electrons. The minimum atomic E-state index is -0.643. The van der Waals surface area contributed by atoms with E-state index >= 15 is 0 Å². The quantitative estimate of drug-likeness (QED) is 0.700. The Morgan fingerprint density at radius 3 is 2.64 bits per heavy atom. The summed E-state index contributed by atoms with van der Waals surface area (Å²) in [7, 11) is 1.64. The molecule has 0 saturated heterocycles. The van der Waals surface area contributed by atoms with Gasteiger partial charge in [-0.1, -0.05) is 39.8 Å². The summed E-state index contributed by atoms with van der Waals surface area (Å²) in [6.07, 6.45) is -0.643. The molecule has 0 aliphatic carbocycles. The number of ether oxygens (including phenoxy) is 4. The second-order valence-corrected chi connectivity index (χ2v) is 7.46. The van der Waals surface area contributed by atoms with Crippen LogP contribution >= 0.6 is 0 Å². The maximum absolute atomic E-state index is 11.6. The lowest BCUT2D eigenvalue weighted by Crippen LogP contribution is -2.32. The molecule has 1 aromatic carbocycles. The Bertz CT molecular complexity index is 658. The molecule has 1 heterocycles. The molecule has 0 unspecified atom stereocenters. The smallest absolute Gasteiger partial charge is 0.497 e.